The number of hydrogen-bond donors (Lipinski definition) is 2. The van der Waals surface area contributed by atoms with Gasteiger partial charge in [0.2, 0.25) is 0 Å². The first-order chi connectivity index (χ1) is 8.08. The molecule has 0 amide bonds. The van der Waals surface area contributed by atoms with E-state index in [-0.39, 0.29) is 0 Å². The van der Waals surface area contributed by atoms with E-state index in [1.807, 2.05) is 0 Å². The second-order valence-electron chi connectivity index (χ2n) is 5.59. The fraction of sp³-hybridized carbons (Fsp3) is 0.923. The lowest BCUT2D eigenvalue weighted by molar-refractivity contribution is 0.187. The second kappa shape index (κ2) is 7.54. The Kier molecular flexibility index (Phi) is 6.34. The summed E-state index contributed by atoms with van der Waals surface area (Å²) in [5.41, 5.74) is 5.79. The van der Waals surface area contributed by atoms with Crippen LogP contribution < -0.4 is 11.1 Å². The van der Waals surface area contributed by atoms with E-state index in [2.05, 4.69) is 36.0 Å². The van der Waals surface area contributed by atoms with Gasteiger partial charge in [0.1, 0.15) is 0 Å². The lowest BCUT2D eigenvalue weighted by Gasteiger charge is -2.30. The van der Waals surface area contributed by atoms with Crippen LogP contribution in [0.1, 0.15) is 33.6 Å². The highest BCUT2D eigenvalue weighted by molar-refractivity contribution is 5.77. The molecule has 3 N–H and O–H groups in total. The van der Waals surface area contributed by atoms with Crippen molar-refractivity contribution in [1.82, 2.24) is 10.2 Å². The first-order valence-electron chi connectivity index (χ1n) is 6.84. The van der Waals surface area contributed by atoms with E-state index >= 15 is 0 Å². The van der Waals surface area contributed by atoms with Crippen LogP contribution in [0.3, 0.4) is 0 Å². The van der Waals surface area contributed by atoms with E-state index < -0.39 is 0 Å². The van der Waals surface area contributed by atoms with E-state index in [4.69, 9.17) is 5.73 Å². The lowest BCUT2D eigenvalue weighted by Crippen LogP contribution is -2.42. The van der Waals surface area contributed by atoms with Crippen LogP contribution in [0.5, 0.6) is 0 Å². The second-order valence-corrected chi connectivity index (χ2v) is 5.59. The summed E-state index contributed by atoms with van der Waals surface area (Å²) < 4.78 is 0. The fourth-order valence-corrected chi connectivity index (χ4v) is 2.17. The highest BCUT2D eigenvalue weighted by Gasteiger charge is 2.15. The van der Waals surface area contributed by atoms with Gasteiger partial charge >= 0.3 is 0 Å². The maximum absolute atomic E-state index is 5.79. The van der Waals surface area contributed by atoms with Crippen molar-refractivity contribution in [3.63, 3.8) is 0 Å². The van der Waals surface area contributed by atoms with Crippen LogP contribution in [0.4, 0.5) is 0 Å². The summed E-state index contributed by atoms with van der Waals surface area (Å²) in [5, 5.41) is 3.19. The molecule has 1 fully saturated rings. The summed E-state index contributed by atoms with van der Waals surface area (Å²) in [6.07, 6.45) is 2.71. The van der Waals surface area contributed by atoms with Gasteiger partial charge in [0.15, 0.2) is 5.96 Å². The molecule has 0 aromatic rings. The molecule has 100 valence electrons. The Morgan fingerprint density at radius 3 is 2.94 bits per heavy atom. The van der Waals surface area contributed by atoms with E-state index in [0.717, 1.165) is 25.6 Å². The van der Waals surface area contributed by atoms with Crippen molar-refractivity contribution in [3.05, 3.63) is 0 Å². The van der Waals surface area contributed by atoms with Gasteiger partial charge in [0.05, 0.1) is 0 Å². The average Bonchev–Trinajstić information content (AvgIpc) is 2.26. The number of nitrogens with zero attached hydrogens (tertiary/aromatic N) is 2. The molecule has 4 heteroatoms. The molecule has 1 atom stereocenters. The molecule has 1 saturated heterocycles. The minimum Gasteiger partial charge on any atom is -0.370 e. The zero-order chi connectivity index (χ0) is 12.7. The van der Waals surface area contributed by atoms with Gasteiger partial charge in [0.25, 0.3) is 0 Å². The molecule has 4 nitrogen and oxygen atoms in total. The van der Waals surface area contributed by atoms with Crippen molar-refractivity contribution in [3.8, 4) is 0 Å². The normalized spacial score (nSPS) is 23.1. The Morgan fingerprint density at radius 1 is 1.53 bits per heavy atom. The van der Waals surface area contributed by atoms with E-state index in [1.165, 1.54) is 25.9 Å². The quantitative estimate of drug-likeness (QED) is 0.562. The van der Waals surface area contributed by atoms with Crippen LogP contribution in [-0.4, -0.2) is 43.6 Å². The molecule has 1 aliphatic heterocycles. The van der Waals surface area contributed by atoms with Crippen molar-refractivity contribution in [2.24, 2.45) is 22.6 Å². The van der Waals surface area contributed by atoms with Gasteiger partial charge in [-0.2, -0.15) is 0 Å². The Balaban J connectivity index is 2.12. The largest absolute Gasteiger partial charge is 0.370 e. The summed E-state index contributed by atoms with van der Waals surface area (Å²) in [5.74, 6) is 2.00. The monoisotopic (exact) mass is 240 g/mol. The fourth-order valence-electron chi connectivity index (χ4n) is 2.17. The minimum atomic E-state index is 0.568. The Labute approximate surface area is 106 Å². The standard InChI is InChI=1S/C13H28N4/c1-11(2)9-16-13(14)15-6-8-17-7-4-5-12(3)10-17/h11-12H,4-10H2,1-3H3,(H3,14,15,16). The zero-order valence-electron chi connectivity index (χ0n) is 11.6. The summed E-state index contributed by atoms with van der Waals surface area (Å²) in [4.78, 5) is 6.80. The molecule has 1 aliphatic rings. The zero-order valence-corrected chi connectivity index (χ0v) is 11.6. The summed E-state index contributed by atoms with van der Waals surface area (Å²) in [6, 6.07) is 0. The number of likely N-dealkylation sites (tertiary alicyclic amines) is 1. The van der Waals surface area contributed by atoms with Gasteiger partial charge < -0.3 is 16.0 Å². The number of nitrogens with one attached hydrogen (secondary N) is 1. The van der Waals surface area contributed by atoms with E-state index in [1.54, 1.807) is 0 Å². The minimum absolute atomic E-state index is 0.568. The van der Waals surface area contributed by atoms with Crippen LogP contribution in [0.2, 0.25) is 0 Å². The molecule has 0 spiro atoms. The van der Waals surface area contributed by atoms with Crippen LogP contribution >= 0.6 is 0 Å². The third-order valence-corrected chi connectivity index (χ3v) is 3.10. The SMILES string of the molecule is CC(C)CN=C(N)NCCN1CCCC(C)C1. The topological polar surface area (TPSA) is 53.6 Å². The Hall–Kier alpha value is -0.770. The first-order valence-corrected chi connectivity index (χ1v) is 6.84. The average molecular weight is 240 g/mol. The highest BCUT2D eigenvalue weighted by atomic mass is 15.2. The Bertz CT molecular complexity index is 238. The number of hydrogen-bond acceptors (Lipinski definition) is 2. The number of guanidine groups is 1. The highest BCUT2D eigenvalue weighted by Crippen LogP contribution is 2.14. The maximum atomic E-state index is 5.79. The number of aliphatic imine (C=N–C) groups is 1. The number of rotatable bonds is 5. The van der Waals surface area contributed by atoms with Crippen LogP contribution in [0.25, 0.3) is 0 Å². The van der Waals surface area contributed by atoms with Crippen molar-refractivity contribution < 1.29 is 0 Å². The van der Waals surface area contributed by atoms with Crippen molar-refractivity contribution in [1.29, 1.82) is 0 Å². The van der Waals surface area contributed by atoms with Crippen LogP contribution in [0, 0.1) is 11.8 Å². The number of piperidine rings is 1. The maximum Gasteiger partial charge on any atom is 0.188 e. The molecule has 17 heavy (non-hydrogen) atoms. The molecule has 0 saturated carbocycles. The predicted octanol–water partition coefficient (Wildman–Crippen LogP) is 1.28. The van der Waals surface area contributed by atoms with Gasteiger partial charge in [-0.15, -0.1) is 0 Å². The van der Waals surface area contributed by atoms with Crippen molar-refractivity contribution in [2.75, 3.05) is 32.7 Å². The Morgan fingerprint density at radius 2 is 2.29 bits per heavy atom. The smallest absolute Gasteiger partial charge is 0.188 e. The molecular formula is C13H28N4. The van der Waals surface area contributed by atoms with Gasteiger partial charge in [-0.25, -0.2) is 0 Å². The third-order valence-electron chi connectivity index (χ3n) is 3.10. The summed E-state index contributed by atoms with van der Waals surface area (Å²) in [6.45, 7) is 11.9. The van der Waals surface area contributed by atoms with Crippen LogP contribution in [-0.2, 0) is 0 Å². The molecule has 0 aliphatic carbocycles. The van der Waals surface area contributed by atoms with Gasteiger partial charge in [-0.05, 0) is 31.2 Å². The molecule has 0 bridgehead atoms. The third kappa shape index (κ3) is 6.51. The van der Waals surface area contributed by atoms with E-state index in [9.17, 15) is 0 Å². The van der Waals surface area contributed by atoms with Crippen molar-refractivity contribution >= 4 is 5.96 Å². The van der Waals surface area contributed by atoms with Gasteiger partial charge in [0, 0.05) is 26.2 Å². The molecule has 0 radical (unpaired) electrons. The van der Waals surface area contributed by atoms with Crippen molar-refractivity contribution in [2.45, 2.75) is 33.6 Å². The van der Waals surface area contributed by atoms with Gasteiger partial charge in [-0.3, -0.25) is 4.99 Å². The van der Waals surface area contributed by atoms with Crippen LogP contribution in [0.15, 0.2) is 4.99 Å². The molecule has 0 aromatic heterocycles. The molecular weight excluding hydrogens is 212 g/mol. The predicted molar refractivity (Wildman–Crippen MR) is 74.2 cm³/mol. The van der Waals surface area contributed by atoms with Gasteiger partial charge in [-0.1, -0.05) is 20.8 Å². The summed E-state index contributed by atoms with van der Waals surface area (Å²) >= 11 is 0. The molecule has 1 unspecified atom stereocenters. The molecule has 0 aromatic carbocycles. The van der Waals surface area contributed by atoms with E-state index in [0.29, 0.717) is 11.9 Å². The lowest BCUT2D eigenvalue weighted by atomic mass is 10.0. The first kappa shape index (κ1) is 14.3. The molecule has 1 heterocycles. The molecule has 1 rings (SSSR count). The number of nitrogens with two attached hydrogens (primary N) is 1. The summed E-state index contributed by atoms with van der Waals surface area (Å²) in [7, 11) is 0.